The maximum absolute atomic E-state index is 6.17. The molecule has 0 spiro atoms. The first-order chi connectivity index (χ1) is 6.79. The Balaban J connectivity index is 2.48. The second-order valence-corrected chi connectivity index (χ2v) is 4.10. The molecule has 1 aromatic carbocycles. The molecule has 0 radical (unpaired) electrons. The lowest BCUT2D eigenvalue weighted by Crippen LogP contribution is -1.93. The third kappa shape index (κ3) is 1.87. The number of hydrogen-bond acceptors (Lipinski definition) is 0. The van der Waals surface area contributed by atoms with E-state index in [1.807, 2.05) is 36.4 Å². The van der Waals surface area contributed by atoms with Gasteiger partial charge in [0.2, 0.25) is 0 Å². The lowest BCUT2D eigenvalue weighted by atomic mass is 9.99. The van der Waals surface area contributed by atoms with Crippen molar-refractivity contribution >= 4 is 28.8 Å². The Labute approximate surface area is 93.8 Å². The summed E-state index contributed by atoms with van der Waals surface area (Å²) in [6, 6.07) is 10.0. The fraction of sp³-hybridized carbons (Fsp3) is 0.167. The Kier molecular flexibility index (Phi) is 2.95. The molecule has 0 heterocycles. The van der Waals surface area contributed by atoms with Gasteiger partial charge in [0, 0.05) is 15.6 Å². The summed E-state index contributed by atoms with van der Waals surface area (Å²) in [5.74, 6) is 0. The Bertz CT molecular complexity index is 388. The van der Waals surface area contributed by atoms with Crippen molar-refractivity contribution in [3.8, 4) is 0 Å². The molecule has 0 amide bonds. The average molecular weight is 225 g/mol. The van der Waals surface area contributed by atoms with Crippen LogP contribution in [-0.2, 0) is 0 Å². The van der Waals surface area contributed by atoms with Crippen molar-refractivity contribution in [2.24, 2.45) is 0 Å². The van der Waals surface area contributed by atoms with E-state index >= 15 is 0 Å². The van der Waals surface area contributed by atoms with Crippen molar-refractivity contribution in [2.45, 2.75) is 12.8 Å². The predicted octanol–water partition coefficient (Wildman–Crippen LogP) is 4.55. The molecule has 0 aliphatic heterocycles. The number of rotatable bonds is 1. The molecule has 1 aliphatic carbocycles. The zero-order valence-corrected chi connectivity index (χ0v) is 9.15. The second kappa shape index (κ2) is 4.20. The summed E-state index contributed by atoms with van der Waals surface area (Å²) in [4.78, 5) is 0. The van der Waals surface area contributed by atoms with Gasteiger partial charge in [-0.3, -0.25) is 0 Å². The highest BCUT2D eigenvalue weighted by atomic mass is 35.5. The average Bonchev–Trinajstić information content (AvgIpc) is 2.19. The molecule has 0 bridgehead atoms. The topological polar surface area (TPSA) is 0 Å². The molecule has 2 rings (SSSR count). The van der Waals surface area contributed by atoms with Gasteiger partial charge in [0.1, 0.15) is 0 Å². The molecule has 2 heteroatoms. The van der Waals surface area contributed by atoms with Crippen LogP contribution >= 0.6 is 23.2 Å². The molecule has 0 saturated carbocycles. The Morgan fingerprint density at radius 3 is 2.36 bits per heavy atom. The van der Waals surface area contributed by atoms with Crippen LogP contribution < -0.4 is 0 Å². The standard InChI is InChI=1S/C12H10Cl2/c13-10-7-4-8-11(14)12(10)9-5-2-1-3-6-9/h1-3,5-7H,4,8H2. The van der Waals surface area contributed by atoms with Gasteiger partial charge in [0.15, 0.2) is 0 Å². The van der Waals surface area contributed by atoms with Crippen LogP contribution in [0.15, 0.2) is 46.5 Å². The minimum atomic E-state index is 0.771. The number of hydrogen-bond donors (Lipinski definition) is 0. The maximum atomic E-state index is 6.17. The Morgan fingerprint density at radius 2 is 1.71 bits per heavy atom. The summed E-state index contributed by atoms with van der Waals surface area (Å²) in [6.07, 6.45) is 3.85. The third-order valence-corrected chi connectivity index (χ3v) is 2.98. The minimum absolute atomic E-state index is 0.771. The second-order valence-electron chi connectivity index (χ2n) is 3.24. The maximum Gasteiger partial charge on any atom is 0.0456 e. The van der Waals surface area contributed by atoms with Crippen LogP contribution in [-0.4, -0.2) is 0 Å². The van der Waals surface area contributed by atoms with Crippen LogP contribution in [0.5, 0.6) is 0 Å². The van der Waals surface area contributed by atoms with Gasteiger partial charge >= 0.3 is 0 Å². The molecular weight excluding hydrogens is 215 g/mol. The summed E-state index contributed by atoms with van der Waals surface area (Å²) >= 11 is 12.3. The van der Waals surface area contributed by atoms with Crippen molar-refractivity contribution in [3.63, 3.8) is 0 Å². The van der Waals surface area contributed by atoms with E-state index in [1.165, 1.54) is 0 Å². The van der Waals surface area contributed by atoms with Gasteiger partial charge in [-0.1, -0.05) is 59.6 Å². The number of benzene rings is 1. The molecule has 1 aliphatic rings. The molecule has 1 aromatic rings. The zero-order chi connectivity index (χ0) is 9.97. The summed E-state index contributed by atoms with van der Waals surface area (Å²) in [7, 11) is 0. The summed E-state index contributed by atoms with van der Waals surface area (Å²) in [6.45, 7) is 0. The fourth-order valence-electron chi connectivity index (χ4n) is 1.58. The van der Waals surface area contributed by atoms with E-state index in [4.69, 9.17) is 23.2 Å². The Hall–Kier alpha value is -0.720. The zero-order valence-electron chi connectivity index (χ0n) is 7.63. The van der Waals surface area contributed by atoms with Crippen molar-refractivity contribution in [1.29, 1.82) is 0 Å². The van der Waals surface area contributed by atoms with Gasteiger partial charge in [0.05, 0.1) is 0 Å². The molecule has 14 heavy (non-hydrogen) atoms. The molecule has 0 atom stereocenters. The largest absolute Gasteiger partial charge is 0.0884 e. The Morgan fingerprint density at radius 1 is 1.00 bits per heavy atom. The fourth-order valence-corrected chi connectivity index (χ4v) is 2.28. The molecule has 0 N–H and O–H groups in total. The molecule has 0 unspecified atom stereocenters. The lowest BCUT2D eigenvalue weighted by molar-refractivity contribution is 1.02. The van der Waals surface area contributed by atoms with Crippen LogP contribution in [0.4, 0.5) is 0 Å². The number of allylic oxidation sites excluding steroid dienone is 4. The van der Waals surface area contributed by atoms with Crippen LogP contribution in [0, 0.1) is 0 Å². The lowest BCUT2D eigenvalue weighted by Gasteiger charge is -2.14. The summed E-state index contributed by atoms with van der Waals surface area (Å²) in [5, 5.41) is 1.64. The van der Waals surface area contributed by atoms with E-state index in [9.17, 15) is 0 Å². The predicted molar refractivity (Wildman–Crippen MR) is 62.4 cm³/mol. The molecule has 0 aromatic heterocycles. The van der Waals surface area contributed by atoms with E-state index in [1.54, 1.807) is 0 Å². The first kappa shape index (κ1) is 9.82. The van der Waals surface area contributed by atoms with E-state index in [2.05, 4.69) is 0 Å². The van der Waals surface area contributed by atoms with Crippen molar-refractivity contribution in [2.75, 3.05) is 0 Å². The van der Waals surface area contributed by atoms with Crippen molar-refractivity contribution < 1.29 is 0 Å². The van der Waals surface area contributed by atoms with Gasteiger partial charge in [-0.15, -0.1) is 0 Å². The van der Waals surface area contributed by atoms with Crippen molar-refractivity contribution in [1.82, 2.24) is 0 Å². The quantitative estimate of drug-likeness (QED) is 0.657. The van der Waals surface area contributed by atoms with E-state index in [0.29, 0.717) is 0 Å². The first-order valence-corrected chi connectivity index (χ1v) is 5.35. The van der Waals surface area contributed by atoms with Crippen LogP contribution in [0.25, 0.3) is 5.57 Å². The summed E-state index contributed by atoms with van der Waals surface area (Å²) in [5.41, 5.74) is 2.08. The number of halogens is 2. The molecular formula is C12H10Cl2. The van der Waals surface area contributed by atoms with E-state index < -0.39 is 0 Å². The highest BCUT2D eigenvalue weighted by Gasteiger charge is 2.14. The molecule has 0 nitrogen and oxygen atoms in total. The molecule has 0 saturated heterocycles. The van der Waals surface area contributed by atoms with Crippen LogP contribution in [0.2, 0.25) is 0 Å². The molecule has 0 fully saturated rings. The van der Waals surface area contributed by atoms with Gasteiger partial charge in [0.25, 0.3) is 0 Å². The highest BCUT2D eigenvalue weighted by Crippen LogP contribution is 2.36. The monoisotopic (exact) mass is 224 g/mol. The normalized spacial score (nSPS) is 16.9. The first-order valence-electron chi connectivity index (χ1n) is 4.59. The van der Waals surface area contributed by atoms with Crippen molar-refractivity contribution in [3.05, 3.63) is 52.0 Å². The van der Waals surface area contributed by atoms with E-state index in [-0.39, 0.29) is 0 Å². The van der Waals surface area contributed by atoms with Gasteiger partial charge in [-0.05, 0) is 18.4 Å². The van der Waals surface area contributed by atoms with Gasteiger partial charge in [-0.25, -0.2) is 0 Å². The van der Waals surface area contributed by atoms with E-state index in [0.717, 1.165) is 34.0 Å². The van der Waals surface area contributed by atoms with Crippen LogP contribution in [0.3, 0.4) is 0 Å². The van der Waals surface area contributed by atoms with Gasteiger partial charge in [-0.2, -0.15) is 0 Å². The smallest absolute Gasteiger partial charge is 0.0456 e. The molecule has 72 valence electrons. The minimum Gasteiger partial charge on any atom is -0.0884 e. The third-order valence-electron chi connectivity index (χ3n) is 2.26. The van der Waals surface area contributed by atoms with Crippen LogP contribution in [0.1, 0.15) is 18.4 Å². The van der Waals surface area contributed by atoms with Gasteiger partial charge < -0.3 is 0 Å². The SMILES string of the molecule is ClC1=CCCC(Cl)=C1c1ccccc1. The highest BCUT2D eigenvalue weighted by molar-refractivity contribution is 6.42. The summed E-state index contributed by atoms with van der Waals surface area (Å²) < 4.78 is 0.